The SMILES string of the molecule is CC(C)c1ncnn2c(Br)ccc12. The van der Waals surface area contributed by atoms with Crippen molar-refractivity contribution in [2.24, 2.45) is 0 Å². The lowest BCUT2D eigenvalue weighted by molar-refractivity contribution is 0.781. The fourth-order valence-electron chi connectivity index (χ4n) is 1.37. The van der Waals surface area contributed by atoms with Crippen LogP contribution in [0.3, 0.4) is 0 Å². The minimum absolute atomic E-state index is 0.423. The van der Waals surface area contributed by atoms with Crippen LogP contribution in [-0.2, 0) is 0 Å². The smallest absolute Gasteiger partial charge is 0.136 e. The van der Waals surface area contributed by atoms with Crippen molar-refractivity contribution >= 4 is 21.4 Å². The Morgan fingerprint density at radius 2 is 2.15 bits per heavy atom. The standard InChI is InChI=1S/C9H10BrN3/c1-6(2)9-7-3-4-8(10)13(7)12-5-11-9/h3-6H,1-2H3. The van der Waals surface area contributed by atoms with Crippen LogP contribution >= 0.6 is 15.9 Å². The van der Waals surface area contributed by atoms with Crippen molar-refractivity contribution in [2.45, 2.75) is 19.8 Å². The van der Waals surface area contributed by atoms with E-state index in [2.05, 4.69) is 39.9 Å². The molecule has 0 aliphatic rings. The zero-order valence-electron chi connectivity index (χ0n) is 7.53. The van der Waals surface area contributed by atoms with Crippen molar-refractivity contribution < 1.29 is 0 Å². The molecule has 0 bridgehead atoms. The predicted molar refractivity (Wildman–Crippen MR) is 54.8 cm³/mol. The van der Waals surface area contributed by atoms with Crippen LogP contribution in [0.1, 0.15) is 25.5 Å². The van der Waals surface area contributed by atoms with E-state index in [0.29, 0.717) is 5.92 Å². The summed E-state index contributed by atoms with van der Waals surface area (Å²) >= 11 is 3.42. The van der Waals surface area contributed by atoms with E-state index in [9.17, 15) is 0 Å². The molecule has 0 saturated heterocycles. The third kappa shape index (κ3) is 1.35. The summed E-state index contributed by atoms with van der Waals surface area (Å²) < 4.78 is 2.81. The van der Waals surface area contributed by atoms with Crippen LogP contribution in [-0.4, -0.2) is 14.6 Å². The second kappa shape index (κ2) is 3.10. The van der Waals surface area contributed by atoms with Gasteiger partial charge >= 0.3 is 0 Å². The highest BCUT2D eigenvalue weighted by Crippen LogP contribution is 2.21. The van der Waals surface area contributed by atoms with E-state index in [0.717, 1.165) is 15.8 Å². The number of hydrogen-bond acceptors (Lipinski definition) is 2. The number of halogens is 1. The molecule has 0 saturated carbocycles. The van der Waals surface area contributed by atoms with Crippen LogP contribution in [0.25, 0.3) is 5.52 Å². The quantitative estimate of drug-likeness (QED) is 0.766. The molecule has 0 radical (unpaired) electrons. The summed E-state index contributed by atoms with van der Waals surface area (Å²) in [5.41, 5.74) is 2.16. The maximum absolute atomic E-state index is 4.27. The largest absolute Gasteiger partial charge is 0.237 e. The van der Waals surface area contributed by atoms with Crippen molar-refractivity contribution in [1.82, 2.24) is 14.6 Å². The van der Waals surface area contributed by atoms with Gasteiger partial charge in [0.2, 0.25) is 0 Å². The van der Waals surface area contributed by atoms with Gasteiger partial charge in [0.1, 0.15) is 10.9 Å². The predicted octanol–water partition coefficient (Wildman–Crippen LogP) is 2.62. The van der Waals surface area contributed by atoms with Crippen molar-refractivity contribution in [3.8, 4) is 0 Å². The van der Waals surface area contributed by atoms with Gasteiger partial charge in [-0.3, -0.25) is 0 Å². The summed E-state index contributed by atoms with van der Waals surface area (Å²) in [4.78, 5) is 4.27. The van der Waals surface area contributed by atoms with E-state index in [4.69, 9.17) is 0 Å². The van der Waals surface area contributed by atoms with Gasteiger partial charge in [-0.1, -0.05) is 13.8 Å². The Labute approximate surface area is 84.9 Å². The van der Waals surface area contributed by atoms with Gasteiger partial charge in [0.25, 0.3) is 0 Å². The van der Waals surface area contributed by atoms with E-state index in [1.165, 1.54) is 0 Å². The molecular formula is C9H10BrN3. The Morgan fingerprint density at radius 3 is 2.85 bits per heavy atom. The van der Waals surface area contributed by atoms with Gasteiger partial charge in [-0.05, 0) is 34.0 Å². The molecule has 4 heteroatoms. The first-order valence-electron chi connectivity index (χ1n) is 4.18. The topological polar surface area (TPSA) is 30.2 Å². The van der Waals surface area contributed by atoms with Crippen LogP contribution in [0.4, 0.5) is 0 Å². The van der Waals surface area contributed by atoms with Crippen LogP contribution in [0.2, 0.25) is 0 Å². The Bertz CT molecular complexity index is 433. The fraction of sp³-hybridized carbons (Fsp3) is 0.333. The maximum atomic E-state index is 4.27. The molecule has 3 nitrogen and oxygen atoms in total. The summed E-state index contributed by atoms with van der Waals surface area (Å²) in [6.45, 7) is 4.26. The zero-order valence-corrected chi connectivity index (χ0v) is 9.12. The molecule has 2 heterocycles. The summed E-state index contributed by atoms with van der Waals surface area (Å²) in [7, 11) is 0. The first-order valence-corrected chi connectivity index (χ1v) is 4.97. The molecule has 13 heavy (non-hydrogen) atoms. The van der Waals surface area contributed by atoms with Gasteiger partial charge in [0, 0.05) is 0 Å². The van der Waals surface area contributed by atoms with E-state index in [1.54, 1.807) is 6.33 Å². The average Bonchev–Trinajstić information content (AvgIpc) is 2.48. The molecular weight excluding hydrogens is 230 g/mol. The molecule has 0 unspecified atom stereocenters. The third-order valence-corrected chi connectivity index (χ3v) is 2.58. The van der Waals surface area contributed by atoms with E-state index in [1.807, 2.05) is 16.6 Å². The second-order valence-electron chi connectivity index (χ2n) is 3.25. The molecule has 68 valence electrons. The summed E-state index contributed by atoms with van der Waals surface area (Å²) in [6, 6.07) is 4.01. The number of nitrogens with zero attached hydrogens (tertiary/aromatic N) is 3. The molecule has 2 aromatic rings. The minimum Gasteiger partial charge on any atom is -0.237 e. The van der Waals surface area contributed by atoms with Crippen molar-refractivity contribution in [3.63, 3.8) is 0 Å². The summed E-state index contributed by atoms with van der Waals surface area (Å²) in [6.07, 6.45) is 1.59. The molecule has 0 aliphatic carbocycles. The summed E-state index contributed by atoms with van der Waals surface area (Å²) in [5.74, 6) is 0.423. The minimum atomic E-state index is 0.423. The van der Waals surface area contributed by atoms with Gasteiger partial charge in [-0.25, -0.2) is 9.50 Å². The fourth-order valence-corrected chi connectivity index (χ4v) is 1.78. The first kappa shape index (κ1) is 8.69. The normalized spacial score (nSPS) is 11.4. The van der Waals surface area contributed by atoms with Crippen molar-refractivity contribution in [2.75, 3.05) is 0 Å². The van der Waals surface area contributed by atoms with Crippen molar-refractivity contribution in [3.05, 3.63) is 28.8 Å². The van der Waals surface area contributed by atoms with Gasteiger partial charge in [0.15, 0.2) is 0 Å². The van der Waals surface area contributed by atoms with E-state index in [-0.39, 0.29) is 0 Å². The lowest BCUT2D eigenvalue weighted by Crippen LogP contribution is -2.00. The number of rotatable bonds is 1. The lowest BCUT2D eigenvalue weighted by Gasteiger charge is -2.05. The lowest BCUT2D eigenvalue weighted by atomic mass is 10.1. The Kier molecular flexibility index (Phi) is 2.07. The molecule has 2 aromatic heterocycles. The number of hydrogen-bond donors (Lipinski definition) is 0. The average molecular weight is 240 g/mol. The molecule has 0 amide bonds. The van der Waals surface area contributed by atoms with Crippen LogP contribution in [0.5, 0.6) is 0 Å². The molecule has 0 spiro atoms. The van der Waals surface area contributed by atoms with E-state index < -0.39 is 0 Å². The highest BCUT2D eigenvalue weighted by molar-refractivity contribution is 9.10. The molecule has 0 fully saturated rings. The van der Waals surface area contributed by atoms with Gasteiger partial charge in [-0.2, -0.15) is 5.10 Å². The monoisotopic (exact) mass is 239 g/mol. The Morgan fingerprint density at radius 1 is 1.38 bits per heavy atom. The molecule has 2 rings (SSSR count). The molecule has 0 aliphatic heterocycles. The third-order valence-electron chi connectivity index (χ3n) is 1.98. The van der Waals surface area contributed by atoms with Crippen LogP contribution in [0.15, 0.2) is 23.1 Å². The Balaban J connectivity index is 2.77. The number of aromatic nitrogens is 3. The van der Waals surface area contributed by atoms with Crippen LogP contribution < -0.4 is 0 Å². The maximum Gasteiger partial charge on any atom is 0.136 e. The Hall–Kier alpha value is -0.900. The molecule has 0 N–H and O–H groups in total. The van der Waals surface area contributed by atoms with Gasteiger partial charge in [-0.15, -0.1) is 0 Å². The van der Waals surface area contributed by atoms with Gasteiger partial charge < -0.3 is 0 Å². The van der Waals surface area contributed by atoms with Gasteiger partial charge in [0.05, 0.1) is 11.2 Å². The zero-order chi connectivity index (χ0) is 9.42. The summed E-state index contributed by atoms with van der Waals surface area (Å²) in [5, 5.41) is 4.14. The number of fused-ring (bicyclic) bond motifs is 1. The highest BCUT2D eigenvalue weighted by atomic mass is 79.9. The van der Waals surface area contributed by atoms with E-state index >= 15 is 0 Å². The van der Waals surface area contributed by atoms with Crippen molar-refractivity contribution in [1.29, 1.82) is 0 Å². The highest BCUT2D eigenvalue weighted by Gasteiger charge is 2.08. The second-order valence-corrected chi connectivity index (χ2v) is 4.07. The molecule has 0 aromatic carbocycles. The molecule has 0 atom stereocenters. The van der Waals surface area contributed by atoms with Crippen LogP contribution in [0, 0.1) is 0 Å². The first-order chi connectivity index (χ1) is 6.20.